The van der Waals surface area contributed by atoms with E-state index in [4.69, 9.17) is 5.73 Å². The largest absolute Gasteiger partial charge is 0.507 e. The highest BCUT2D eigenvalue weighted by Crippen LogP contribution is 2.39. The van der Waals surface area contributed by atoms with Gasteiger partial charge in [-0.15, -0.1) is 0 Å². The lowest BCUT2D eigenvalue weighted by Crippen LogP contribution is -2.22. The minimum absolute atomic E-state index is 0.0860. The third-order valence-electron chi connectivity index (χ3n) is 3.17. The lowest BCUT2D eigenvalue weighted by atomic mass is 9.83. The number of halogens is 1. The lowest BCUT2D eigenvalue weighted by Gasteiger charge is -2.19. The zero-order chi connectivity index (χ0) is 13.7. The molecule has 2 aromatic carbocycles. The van der Waals surface area contributed by atoms with Gasteiger partial charge in [0, 0.05) is 16.7 Å². The topological polar surface area (TPSA) is 80.4 Å². The molecule has 0 aromatic heterocycles. The van der Waals surface area contributed by atoms with Crippen molar-refractivity contribution in [2.24, 2.45) is 0 Å². The van der Waals surface area contributed by atoms with E-state index in [1.165, 1.54) is 6.07 Å². The molecule has 94 valence electrons. The molecule has 3 rings (SSSR count). The van der Waals surface area contributed by atoms with Gasteiger partial charge < -0.3 is 10.8 Å². The van der Waals surface area contributed by atoms with E-state index in [1.54, 1.807) is 24.3 Å². The molecule has 0 spiro atoms. The van der Waals surface area contributed by atoms with Crippen LogP contribution >= 0.6 is 15.9 Å². The van der Waals surface area contributed by atoms with Crippen molar-refractivity contribution in [1.82, 2.24) is 0 Å². The second-order valence-electron chi connectivity index (χ2n) is 4.25. The quantitative estimate of drug-likeness (QED) is 0.624. The number of nitrogen functional groups attached to an aromatic ring is 1. The molecule has 5 heteroatoms. The van der Waals surface area contributed by atoms with Crippen molar-refractivity contribution in [2.45, 2.75) is 0 Å². The Morgan fingerprint density at radius 2 is 1.58 bits per heavy atom. The van der Waals surface area contributed by atoms with E-state index in [1.807, 2.05) is 0 Å². The SMILES string of the molecule is Nc1c(Br)c(O)cc2c1C(=O)c1ccccc1C2=O. The highest BCUT2D eigenvalue weighted by atomic mass is 79.9. The van der Waals surface area contributed by atoms with Gasteiger partial charge in [-0.05, 0) is 22.0 Å². The number of aromatic hydroxyl groups is 1. The van der Waals surface area contributed by atoms with Gasteiger partial charge in [-0.2, -0.15) is 0 Å². The Hall–Kier alpha value is -2.14. The van der Waals surface area contributed by atoms with Gasteiger partial charge in [0.1, 0.15) is 5.75 Å². The van der Waals surface area contributed by atoms with Crippen molar-refractivity contribution >= 4 is 33.2 Å². The molecule has 0 fully saturated rings. The molecule has 0 unspecified atom stereocenters. The third-order valence-corrected chi connectivity index (χ3v) is 4.00. The normalized spacial score (nSPS) is 13.1. The molecule has 1 aliphatic carbocycles. The van der Waals surface area contributed by atoms with Crippen LogP contribution in [0.5, 0.6) is 5.75 Å². The summed E-state index contributed by atoms with van der Waals surface area (Å²) in [4.78, 5) is 24.7. The van der Waals surface area contributed by atoms with Crippen LogP contribution in [0, 0.1) is 0 Å². The summed E-state index contributed by atoms with van der Waals surface area (Å²) in [5, 5.41) is 9.72. The zero-order valence-corrected chi connectivity index (χ0v) is 11.2. The molecular weight excluding hydrogens is 310 g/mol. The van der Waals surface area contributed by atoms with Gasteiger partial charge in [0.05, 0.1) is 15.7 Å². The summed E-state index contributed by atoms with van der Waals surface area (Å²) in [5.74, 6) is -0.764. The first-order valence-corrected chi connectivity index (χ1v) is 6.31. The first-order valence-electron chi connectivity index (χ1n) is 5.51. The van der Waals surface area contributed by atoms with Gasteiger partial charge in [-0.25, -0.2) is 0 Å². The molecule has 0 heterocycles. The van der Waals surface area contributed by atoms with E-state index in [9.17, 15) is 14.7 Å². The fourth-order valence-corrected chi connectivity index (χ4v) is 2.56. The maximum atomic E-state index is 12.4. The van der Waals surface area contributed by atoms with Crippen LogP contribution in [-0.4, -0.2) is 16.7 Å². The van der Waals surface area contributed by atoms with Gasteiger partial charge in [0.25, 0.3) is 0 Å². The summed E-state index contributed by atoms with van der Waals surface area (Å²) in [6, 6.07) is 7.84. The van der Waals surface area contributed by atoms with E-state index in [2.05, 4.69) is 15.9 Å². The highest BCUT2D eigenvalue weighted by molar-refractivity contribution is 9.10. The Kier molecular flexibility index (Phi) is 2.46. The van der Waals surface area contributed by atoms with Crippen LogP contribution in [0.2, 0.25) is 0 Å². The molecule has 1 aliphatic rings. The van der Waals surface area contributed by atoms with Crippen molar-refractivity contribution in [2.75, 3.05) is 5.73 Å². The maximum Gasteiger partial charge on any atom is 0.196 e. The third kappa shape index (κ3) is 1.51. The number of nitrogens with two attached hydrogens (primary N) is 1. The number of anilines is 1. The summed E-state index contributed by atoms with van der Waals surface area (Å²) in [6.07, 6.45) is 0. The first-order chi connectivity index (χ1) is 9.02. The van der Waals surface area contributed by atoms with Crippen LogP contribution in [-0.2, 0) is 0 Å². The molecule has 0 aliphatic heterocycles. The smallest absolute Gasteiger partial charge is 0.196 e. The molecule has 0 bridgehead atoms. The second kappa shape index (κ2) is 3.93. The van der Waals surface area contributed by atoms with Gasteiger partial charge in [0.2, 0.25) is 0 Å². The Balaban J connectivity index is 2.40. The number of rotatable bonds is 0. The Morgan fingerprint density at radius 3 is 2.21 bits per heavy atom. The summed E-state index contributed by atoms with van der Waals surface area (Å²) in [7, 11) is 0. The number of carbonyl (C=O) groups is 2. The first kappa shape index (κ1) is 11.9. The van der Waals surface area contributed by atoms with Crippen molar-refractivity contribution in [3.63, 3.8) is 0 Å². The van der Waals surface area contributed by atoms with Gasteiger partial charge >= 0.3 is 0 Å². The van der Waals surface area contributed by atoms with Crippen LogP contribution in [0.1, 0.15) is 31.8 Å². The second-order valence-corrected chi connectivity index (χ2v) is 5.04. The Labute approximate surface area is 117 Å². The molecule has 0 saturated carbocycles. The predicted molar refractivity (Wildman–Crippen MR) is 73.5 cm³/mol. The van der Waals surface area contributed by atoms with E-state index >= 15 is 0 Å². The Morgan fingerprint density at radius 1 is 1.00 bits per heavy atom. The molecule has 19 heavy (non-hydrogen) atoms. The fourth-order valence-electron chi connectivity index (χ4n) is 2.25. The van der Waals surface area contributed by atoms with Crippen molar-refractivity contribution < 1.29 is 14.7 Å². The predicted octanol–water partition coefficient (Wildman–Crippen LogP) is 2.51. The van der Waals surface area contributed by atoms with Crippen LogP contribution in [0.4, 0.5) is 5.69 Å². The standard InChI is InChI=1S/C14H8BrNO3/c15-11-9(17)5-8-10(12(11)16)14(19)7-4-2-1-3-6(7)13(8)18/h1-5,17H,16H2. The van der Waals surface area contributed by atoms with E-state index in [0.29, 0.717) is 11.1 Å². The number of carbonyl (C=O) groups excluding carboxylic acids is 2. The number of hydrogen-bond donors (Lipinski definition) is 2. The number of fused-ring (bicyclic) bond motifs is 2. The fraction of sp³-hybridized carbons (Fsp3) is 0. The van der Waals surface area contributed by atoms with Crippen molar-refractivity contribution in [3.8, 4) is 5.75 Å². The monoisotopic (exact) mass is 317 g/mol. The van der Waals surface area contributed by atoms with Gasteiger partial charge in [-0.1, -0.05) is 24.3 Å². The molecule has 3 N–H and O–H groups in total. The number of benzene rings is 2. The van der Waals surface area contributed by atoms with Crippen molar-refractivity contribution in [1.29, 1.82) is 0 Å². The van der Waals surface area contributed by atoms with Crippen LogP contribution in [0.25, 0.3) is 0 Å². The summed E-state index contributed by atoms with van der Waals surface area (Å²) < 4.78 is 0.229. The van der Waals surface area contributed by atoms with Gasteiger partial charge in [-0.3, -0.25) is 9.59 Å². The summed E-state index contributed by atoms with van der Waals surface area (Å²) >= 11 is 3.11. The molecular formula is C14H8BrNO3. The molecule has 0 amide bonds. The van der Waals surface area contributed by atoms with E-state index < -0.39 is 0 Å². The van der Waals surface area contributed by atoms with E-state index in [-0.39, 0.29) is 38.6 Å². The number of hydrogen-bond acceptors (Lipinski definition) is 4. The Bertz CT molecular complexity index is 753. The van der Waals surface area contributed by atoms with Crippen LogP contribution < -0.4 is 5.73 Å². The summed E-state index contributed by atoms with van der Waals surface area (Å²) in [5.41, 5.74) is 6.88. The number of ketones is 2. The number of phenolic OH excluding ortho intramolecular Hbond substituents is 1. The highest BCUT2D eigenvalue weighted by Gasteiger charge is 2.32. The van der Waals surface area contributed by atoms with Crippen molar-refractivity contribution in [3.05, 3.63) is 57.1 Å². The average molecular weight is 318 g/mol. The van der Waals surface area contributed by atoms with Gasteiger partial charge in [0.15, 0.2) is 11.6 Å². The number of phenols is 1. The van der Waals surface area contributed by atoms with E-state index in [0.717, 1.165) is 0 Å². The van der Waals surface area contributed by atoms with Crippen LogP contribution in [0.3, 0.4) is 0 Å². The van der Waals surface area contributed by atoms with Crippen LogP contribution in [0.15, 0.2) is 34.8 Å². The molecule has 4 nitrogen and oxygen atoms in total. The molecule has 0 atom stereocenters. The lowest BCUT2D eigenvalue weighted by molar-refractivity contribution is 0.0979. The molecule has 0 radical (unpaired) electrons. The minimum Gasteiger partial charge on any atom is -0.507 e. The zero-order valence-electron chi connectivity index (χ0n) is 9.61. The summed E-state index contributed by atoms with van der Waals surface area (Å²) in [6.45, 7) is 0. The molecule has 2 aromatic rings. The molecule has 0 saturated heterocycles. The average Bonchev–Trinajstić information content (AvgIpc) is 2.42. The maximum absolute atomic E-state index is 12.4. The minimum atomic E-state index is -0.306.